The molecule has 1 aromatic heterocycles. The Labute approximate surface area is 184 Å². The average molecular weight is 412 g/mol. The number of rotatable bonds is 17. The van der Waals surface area contributed by atoms with E-state index in [0.717, 1.165) is 50.5 Å². The van der Waals surface area contributed by atoms with E-state index in [2.05, 4.69) is 42.2 Å². The van der Waals surface area contributed by atoms with Crippen molar-refractivity contribution in [3.8, 4) is 17.0 Å². The summed E-state index contributed by atoms with van der Waals surface area (Å²) in [6.45, 7) is 6.70. The first-order chi connectivity index (χ1) is 14.8. The average Bonchev–Trinajstić information content (AvgIpc) is 2.79. The van der Waals surface area contributed by atoms with E-state index in [1.54, 1.807) is 0 Å². The lowest BCUT2D eigenvalue weighted by Gasteiger charge is -2.08. The SMILES string of the molecule is CCCCCCCCCc1ccc(-c2ccc(OCCCCCOCC)cn2)cc1. The number of unbranched alkanes of at least 4 members (excludes halogenated alkanes) is 8. The molecule has 0 aliphatic rings. The minimum absolute atomic E-state index is 0.737. The number of aryl methyl sites for hydroxylation is 1. The van der Waals surface area contributed by atoms with Crippen molar-refractivity contribution in [3.05, 3.63) is 48.2 Å². The first-order valence-corrected chi connectivity index (χ1v) is 12.1. The van der Waals surface area contributed by atoms with Gasteiger partial charge in [-0.25, -0.2) is 0 Å². The Morgan fingerprint density at radius 1 is 0.700 bits per heavy atom. The molecule has 0 N–H and O–H groups in total. The normalized spacial score (nSPS) is 11.0. The van der Waals surface area contributed by atoms with E-state index in [9.17, 15) is 0 Å². The molecule has 166 valence electrons. The van der Waals surface area contributed by atoms with Crippen molar-refractivity contribution in [2.45, 2.75) is 84.5 Å². The van der Waals surface area contributed by atoms with Crippen LogP contribution in [0.3, 0.4) is 0 Å². The fourth-order valence-corrected chi connectivity index (χ4v) is 3.58. The molecule has 2 aromatic rings. The van der Waals surface area contributed by atoms with E-state index < -0.39 is 0 Å². The molecule has 1 aromatic carbocycles. The van der Waals surface area contributed by atoms with Crippen molar-refractivity contribution in [1.29, 1.82) is 0 Å². The molecular formula is C27H41NO2. The molecule has 0 aliphatic carbocycles. The van der Waals surface area contributed by atoms with E-state index in [-0.39, 0.29) is 0 Å². The van der Waals surface area contributed by atoms with E-state index in [1.165, 1.54) is 62.5 Å². The van der Waals surface area contributed by atoms with Crippen molar-refractivity contribution in [1.82, 2.24) is 4.98 Å². The van der Waals surface area contributed by atoms with Gasteiger partial charge < -0.3 is 9.47 Å². The van der Waals surface area contributed by atoms with Crippen molar-refractivity contribution < 1.29 is 9.47 Å². The van der Waals surface area contributed by atoms with Gasteiger partial charge in [0.1, 0.15) is 5.75 Å². The molecular weight excluding hydrogens is 370 g/mol. The fraction of sp³-hybridized carbons (Fsp3) is 0.593. The Morgan fingerprint density at radius 2 is 1.40 bits per heavy atom. The minimum atomic E-state index is 0.737. The van der Waals surface area contributed by atoms with Crippen LogP contribution in [0.2, 0.25) is 0 Å². The van der Waals surface area contributed by atoms with Gasteiger partial charge in [-0.3, -0.25) is 4.98 Å². The second kappa shape index (κ2) is 15.9. The molecule has 3 nitrogen and oxygen atoms in total. The molecule has 30 heavy (non-hydrogen) atoms. The molecule has 0 atom stereocenters. The molecule has 0 saturated carbocycles. The molecule has 0 bridgehead atoms. The van der Waals surface area contributed by atoms with E-state index in [1.807, 2.05) is 19.2 Å². The smallest absolute Gasteiger partial charge is 0.137 e. The third kappa shape index (κ3) is 10.2. The lowest BCUT2D eigenvalue weighted by Crippen LogP contribution is -1.99. The lowest BCUT2D eigenvalue weighted by atomic mass is 10.0. The molecule has 0 spiro atoms. The highest BCUT2D eigenvalue weighted by Crippen LogP contribution is 2.21. The topological polar surface area (TPSA) is 31.4 Å². The molecule has 0 unspecified atom stereocenters. The Morgan fingerprint density at radius 3 is 2.10 bits per heavy atom. The first kappa shape index (κ1) is 24.4. The second-order valence-corrected chi connectivity index (χ2v) is 8.05. The van der Waals surface area contributed by atoms with E-state index in [0.29, 0.717) is 0 Å². The van der Waals surface area contributed by atoms with Gasteiger partial charge in [0, 0.05) is 18.8 Å². The maximum Gasteiger partial charge on any atom is 0.137 e. The van der Waals surface area contributed by atoms with Gasteiger partial charge in [-0.1, -0.05) is 69.7 Å². The summed E-state index contributed by atoms with van der Waals surface area (Å²) in [5.74, 6) is 0.846. The van der Waals surface area contributed by atoms with E-state index >= 15 is 0 Å². The zero-order valence-electron chi connectivity index (χ0n) is 19.2. The highest BCUT2D eigenvalue weighted by atomic mass is 16.5. The number of nitrogens with zero attached hydrogens (tertiary/aromatic N) is 1. The zero-order valence-corrected chi connectivity index (χ0v) is 19.2. The molecule has 0 aliphatic heterocycles. The van der Waals surface area contributed by atoms with Crippen molar-refractivity contribution in [2.75, 3.05) is 19.8 Å². The van der Waals surface area contributed by atoms with Crippen LogP contribution in [-0.4, -0.2) is 24.8 Å². The van der Waals surface area contributed by atoms with Crippen LogP contribution in [0, 0.1) is 0 Å². The van der Waals surface area contributed by atoms with Gasteiger partial charge in [0.25, 0.3) is 0 Å². The summed E-state index contributed by atoms with van der Waals surface area (Å²) < 4.78 is 11.2. The molecule has 2 rings (SSSR count). The number of aromatic nitrogens is 1. The minimum Gasteiger partial charge on any atom is -0.492 e. The quantitative estimate of drug-likeness (QED) is 0.251. The van der Waals surface area contributed by atoms with E-state index in [4.69, 9.17) is 9.47 Å². The molecule has 1 heterocycles. The summed E-state index contributed by atoms with van der Waals surface area (Å²) >= 11 is 0. The van der Waals surface area contributed by atoms with Crippen LogP contribution >= 0.6 is 0 Å². The largest absolute Gasteiger partial charge is 0.492 e. The Balaban J connectivity index is 1.65. The summed E-state index contributed by atoms with van der Waals surface area (Å²) in [6, 6.07) is 13.0. The molecule has 0 amide bonds. The van der Waals surface area contributed by atoms with Crippen LogP contribution in [0.1, 0.15) is 83.6 Å². The number of benzene rings is 1. The van der Waals surface area contributed by atoms with Crippen LogP contribution in [0.25, 0.3) is 11.3 Å². The van der Waals surface area contributed by atoms with Crippen molar-refractivity contribution in [3.63, 3.8) is 0 Å². The standard InChI is InChI=1S/C27H41NO2/c1-3-5-6-7-8-9-11-14-24-15-17-25(18-16-24)27-20-19-26(23-28-27)30-22-13-10-12-21-29-4-2/h15-20,23H,3-14,21-22H2,1-2H3. The van der Waals surface area contributed by atoms with Crippen molar-refractivity contribution in [2.24, 2.45) is 0 Å². The Hall–Kier alpha value is -1.87. The lowest BCUT2D eigenvalue weighted by molar-refractivity contribution is 0.141. The van der Waals surface area contributed by atoms with Gasteiger partial charge in [0.2, 0.25) is 0 Å². The number of hydrogen-bond acceptors (Lipinski definition) is 3. The maximum absolute atomic E-state index is 5.80. The first-order valence-electron chi connectivity index (χ1n) is 12.1. The predicted molar refractivity (Wildman–Crippen MR) is 127 cm³/mol. The third-order valence-electron chi connectivity index (χ3n) is 5.46. The van der Waals surface area contributed by atoms with Gasteiger partial charge in [0.05, 0.1) is 18.5 Å². The van der Waals surface area contributed by atoms with Crippen LogP contribution in [0.4, 0.5) is 0 Å². The molecule has 0 radical (unpaired) electrons. The molecule has 3 heteroatoms. The summed E-state index contributed by atoms with van der Waals surface area (Å²) in [5, 5.41) is 0. The van der Waals surface area contributed by atoms with Gasteiger partial charge >= 0.3 is 0 Å². The van der Waals surface area contributed by atoms with Gasteiger partial charge in [-0.2, -0.15) is 0 Å². The van der Waals surface area contributed by atoms with Gasteiger partial charge in [0.15, 0.2) is 0 Å². The maximum atomic E-state index is 5.80. The predicted octanol–water partition coefficient (Wildman–Crippen LogP) is 7.63. The van der Waals surface area contributed by atoms with Crippen LogP contribution < -0.4 is 4.74 Å². The summed E-state index contributed by atoms with van der Waals surface area (Å²) in [5.41, 5.74) is 3.60. The van der Waals surface area contributed by atoms with Crippen molar-refractivity contribution >= 4 is 0 Å². The zero-order chi connectivity index (χ0) is 21.3. The number of pyridine rings is 1. The fourth-order valence-electron chi connectivity index (χ4n) is 3.58. The number of ether oxygens (including phenoxy) is 2. The highest BCUT2D eigenvalue weighted by molar-refractivity contribution is 5.59. The Bertz CT molecular complexity index is 592. The molecule has 0 fully saturated rings. The monoisotopic (exact) mass is 411 g/mol. The summed E-state index contributed by atoms with van der Waals surface area (Å²) in [6.07, 6.45) is 15.8. The highest BCUT2D eigenvalue weighted by Gasteiger charge is 2.02. The van der Waals surface area contributed by atoms with Crippen LogP contribution in [0.15, 0.2) is 42.6 Å². The van der Waals surface area contributed by atoms with Gasteiger partial charge in [-0.05, 0) is 56.7 Å². The Kier molecular flexibility index (Phi) is 12.9. The second-order valence-electron chi connectivity index (χ2n) is 8.05. The third-order valence-corrected chi connectivity index (χ3v) is 5.46. The molecule has 0 saturated heterocycles. The van der Waals surface area contributed by atoms with Crippen LogP contribution in [0.5, 0.6) is 5.75 Å². The summed E-state index contributed by atoms with van der Waals surface area (Å²) in [4.78, 5) is 4.58. The van der Waals surface area contributed by atoms with Gasteiger partial charge in [-0.15, -0.1) is 0 Å². The number of hydrogen-bond donors (Lipinski definition) is 0. The summed E-state index contributed by atoms with van der Waals surface area (Å²) in [7, 11) is 0. The van der Waals surface area contributed by atoms with Crippen LogP contribution in [-0.2, 0) is 11.2 Å².